The molecule has 2 aromatic heterocycles. The van der Waals surface area contributed by atoms with E-state index in [2.05, 4.69) is 14.6 Å². The fraction of sp³-hybridized carbons (Fsp3) is 0.533. The van der Waals surface area contributed by atoms with Gasteiger partial charge < -0.3 is 9.47 Å². The molecule has 0 spiro atoms. The molecule has 0 N–H and O–H groups in total. The van der Waals surface area contributed by atoms with Crippen molar-refractivity contribution in [3.63, 3.8) is 0 Å². The third-order valence-corrected chi connectivity index (χ3v) is 4.06. The van der Waals surface area contributed by atoms with E-state index in [0.717, 1.165) is 37.3 Å². The van der Waals surface area contributed by atoms with Crippen molar-refractivity contribution in [1.29, 1.82) is 0 Å². The van der Waals surface area contributed by atoms with E-state index in [0.29, 0.717) is 12.6 Å². The summed E-state index contributed by atoms with van der Waals surface area (Å²) in [6.45, 7) is 5.91. The summed E-state index contributed by atoms with van der Waals surface area (Å²) in [5.41, 5.74) is 1.08. The summed E-state index contributed by atoms with van der Waals surface area (Å²) >= 11 is 0. The second kappa shape index (κ2) is 5.71. The molecule has 1 aliphatic rings. The first-order valence-electron chi connectivity index (χ1n) is 7.40. The molecule has 1 aliphatic heterocycles. The van der Waals surface area contributed by atoms with E-state index >= 15 is 0 Å². The first-order chi connectivity index (χ1) is 10.1. The highest BCUT2D eigenvalue weighted by Gasteiger charge is 2.25. The van der Waals surface area contributed by atoms with Crippen LogP contribution in [0.1, 0.15) is 30.3 Å². The zero-order valence-electron chi connectivity index (χ0n) is 12.6. The number of piperidine rings is 1. The Hall–Kier alpha value is -2.11. The molecule has 1 fully saturated rings. The van der Waals surface area contributed by atoms with Crippen molar-refractivity contribution in [3.05, 3.63) is 36.2 Å². The molecule has 3 rings (SSSR count). The van der Waals surface area contributed by atoms with Crippen LogP contribution in [-0.4, -0.2) is 43.2 Å². The van der Waals surface area contributed by atoms with Crippen LogP contribution in [-0.2, 0) is 11.3 Å². The quantitative estimate of drug-likeness (QED) is 0.861. The molecule has 0 saturated carbocycles. The van der Waals surface area contributed by atoms with Gasteiger partial charge in [-0.05, 0) is 32.3 Å². The van der Waals surface area contributed by atoms with Crippen LogP contribution in [0.5, 0.6) is 0 Å². The standard InChI is InChI=1S/C15H21N5O/c1-12-8-17-19(9-12)11-15(21)18-6-3-4-14(10-18)20-7-5-16-13(20)2/h5,7-9,14H,3-4,6,10-11H2,1-2H3/t14-/m1/s1. The Bertz CT molecular complexity index is 630. The van der Waals surface area contributed by atoms with Crippen LogP contribution in [0.15, 0.2) is 24.8 Å². The van der Waals surface area contributed by atoms with Crippen molar-refractivity contribution in [3.8, 4) is 0 Å². The van der Waals surface area contributed by atoms with Crippen LogP contribution in [0.2, 0.25) is 0 Å². The number of aromatic nitrogens is 4. The Morgan fingerprint density at radius 3 is 2.95 bits per heavy atom. The maximum absolute atomic E-state index is 12.4. The molecule has 21 heavy (non-hydrogen) atoms. The Kier molecular flexibility index (Phi) is 3.77. The van der Waals surface area contributed by atoms with Crippen LogP contribution >= 0.6 is 0 Å². The molecule has 3 heterocycles. The second-order valence-electron chi connectivity index (χ2n) is 5.73. The van der Waals surface area contributed by atoms with Crippen molar-refractivity contribution in [2.24, 2.45) is 0 Å². The number of rotatable bonds is 3. The normalized spacial score (nSPS) is 19.0. The van der Waals surface area contributed by atoms with Gasteiger partial charge in [-0.1, -0.05) is 0 Å². The smallest absolute Gasteiger partial charge is 0.244 e. The molecule has 0 aliphatic carbocycles. The first kappa shape index (κ1) is 13.9. The van der Waals surface area contributed by atoms with Crippen molar-refractivity contribution in [2.45, 2.75) is 39.3 Å². The highest BCUT2D eigenvalue weighted by molar-refractivity contribution is 5.76. The number of carbonyl (C=O) groups excluding carboxylic acids is 1. The Labute approximate surface area is 124 Å². The fourth-order valence-corrected chi connectivity index (χ4v) is 2.97. The minimum Gasteiger partial charge on any atom is -0.339 e. The maximum Gasteiger partial charge on any atom is 0.244 e. The van der Waals surface area contributed by atoms with Gasteiger partial charge >= 0.3 is 0 Å². The third kappa shape index (κ3) is 2.99. The molecule has 1 atom stereocenters. The van der Waals surface area contributed by atoms with Crippen molar-refractivity contribution < 1.29 is 4.79 Å². The SMILES string of the molecule is Cc1cnn(CC(=O)N2CCC[C@@H](n3ccnc3C)C2)c1. The molecule has 0 aromatic carbocycles. The molecule has 1 amide bonds. The summed E-state index contributed by atoms with van der Waals surface area (Å²) in [4.78, 5) is 18.6. The molecular weight excluding hydrogens is 266 g/mol. The summed E-state index contributed by atoms with van der Waals surface area (Å²) < 4.78 is 3.89. The van der Waals surface area contributed by atoms with Gasteiger partial charge in [0, 0.05) is 31.7 Å². The van der Waals surface area contributed by atoms with Gasteiger partial charge in [0.15, 0.2) is 0 Å². The van der Waals surface area contributed by atoms with Gasteiger partial charge in [-0.3, -0.25) is 9.48 Å². The number of amides is 1. The number of aryl methyl sites for hydroxylation is 2. The summed E-state index contributed by atoms with van der Waals surface area (Å²) in [7, 11) is 0. The van der Waals surface area contributed by atoms with Crippen molar-refractivity contribution in [2.75, 3.05) is 13.1 Å². The van der Waals surface area contributed by atoms with E-state index < -0.39 is 0 Å². The van der Waals surface area contributed by atoms with Gasteiger partial charge in [0.1, 0.15) is 12.4 Å². The number of likely N-dealkylation sites (tertiary alicyclic amines) is 1. The highest BCUT2D eigenvalue weighted by atomic mass is 16.2. The summed E-state index contributed by atoms with van der Waals surface area (Å²) in [5, 5.41) is 4.19. The predicted molar refractivity (Wildman–Crippen MR) is 78.8 cm³/mol. The van der Waals surface area contributed by atoms with Crippen LogP contribution < -0.4 is 0 Å². The first-order valence-corrected chi connectivity index (χ1v) is 7.40. The zero-order chi connectivity index (χ0) is 14.8. The Morgan fingerprint density at radius 2 is 2.29 bits per heavy atom. The van der Waals surface area contributed by atoms with Crippen molar-refractivity contribution >= 4 is 5.91 Å². The second-order valence-corrected chi connectivity index (χ2v) is 5.73. The predicted octanol–water partition coefficient (Wildman–Crippen LogP) is 1.56. The highest BCUT2D eigenvalue weighted by Crippen LogP contribution is 2.22. The molecule has 0 unspecified atom stereocenters. The van der Waals surface area contributed by atoms with Gasteiger partial charge in [0.05, 0.1) is 12.2 Å². The van der Waals surface area contributed by atoms with Gasteiger partial charge in [-0.15, -0.1) is 0 Å². The molecule has 6 nitrogen and oxygen atoms in total. The van der Waals surface area contributed by atoms with Crippen LogP contribution in [0.3, 0.4) is 0 Å². The Morgan fingerprint density at radius 1 is 1.43 bits per heavy atom. The van der Waals surface area contributed by atoms with Gasteiger partial charge in [-0.25, -0.2) is 4.98 Å². The molecule has 0 radical (unpaired) electrons. The molecular formula is C15H21N5O. The minimum atomic E-state index is 0.139. The van der Waals surface area contributed by atoms with Crippen LogP contribution in [0.25, 0.3) is 0 Å². The largest absolute Gasteiger partial charge is 0.339 e. The van der Waals surface area contributed by atoms with Gasteiger partial charge in [-0.2, -0.15) is 5.10 Å². The topological polar surface area (TPSA) is 56.0 Å². The summed E-state index contributed by atoms with van der Waals surface area (Å²) in [6.07, 6.45) is 9.64. The number of imidazole rings is 1. The van der Waals surface area contributed by atoms with Crippen LogP contribution in [0.4, 0.5) is 0 Å². The lowest BCUT2D eigenvalue weighted by atomic mass is 10.1. The van der Waals surface area contributed by atoms with E-state index in [1.54, 1.807) is 10.9 Å². The lowest BCUT2D eigenvalue weighted by Gasteiger charge is -2.34. The Balaban J connectivity index is 1.65. The zero-order valence-corrected chi connectivity index (χ0v) is 12.6. The molecule has 0 bridgehead atoms. The molecule has 2 aromatic rings. The summed E-state index contributed by atoms with van der Waals surface area (Å²) in [5.74, 6) is 1.15. The average Bonchev–Trinajstić information content (AvgIpc) is 3.07. The van der Waals surface area contributed by atoms with E-state index in [-0.39, 0.29) is 5.91 Å². The average molecular weight is 287 g/mol. The van der Waals surface area contributed by atoms with E-state index in [9.17, 15) is 4.79 Å². The van der Waals surface area contributed by atoms with Crippen molar-refractivity contribution in [1.82, 2.24) is 24.2 Å². The van der Waals surface area contributed by atoms with E-state index in [1.807, 2.05) is 37.3 Å². The van der Waals surface area contributed by atoms with Gasteiger partial charge in [0.25, 0.3) is 0 Å². The number of hydrogen-bond acceptors (Lipinski definition) is 3. The minimum absolute atomic E-state index is 0.139. The molecule has 6 heteroatoms. The van der Waals surface area contributed by atoms with Crippen LogP contribution in [0, 0.1) is 13.8 Å². The summed E-state index contributed by atoms with van der Waals surface area (Å²) in [6, 6.07) is 0.338. The number of nitrogens with zero attached hydrogens (tertiary/aromatic N) is 5. The lowest BCUT2D eigenvalue weighted by molar-refractivity contribution is -0.133. The lowest BCUT2D eigenvalue weighted by Crippen LogP contribution is -2.42. The maximum atomic E-state index is 12.4. The van der Waals surface area contributed by atoms with E-state index in [4.69, 9.17) is 0 Å². The number of hydrogen-bond donors (Lipinski definition) is 0. The third-order valence-electron chi connectivity index (χ3n) is 4.06. The molecule has 112 valence electrons. The number of carbonyl (C=O) groups is 1. The van der Waals surface area contributed by atoms with E-state index in [1.165, 1.54) is 0 Å². The molecule has 1 saturated heterocycles. The fourth-order valence-electron chi connectivity index (χ4n) is 2.97. The monoisotopic (exact) mass is 287 g/mol. The van der Waals surface area contributed by atoms with Gasteiger partial charge in [0.2, 0.25) is 5.91 Å².